The second-order valence-corrected chi connectivity index (χ2v) is 7.79. The molecule has 1 amide bonds. The van der Waals surface area contributed by atoms with E-state index in [1.54, 1.807) is 0 Å². The van der Waals surface area contributed by atoms with Crippen LogP contribution in [0.2, 0.25) is 0 Å². The third-order valence-corrected chi connectivity index (χ3v) is 5.45. The minimum atomic E-state index is -0.0131. The van der Waals surface area contributed by atoms with Crippen molar-refractivity contribution in [3.8, 4) is 12.1 Å². The van der Waals surface area contributed by atoms with E-state index in [0.717, 1.165) is 12.8 Å². The first-order chi connectivity index (χ1) is 12.7. The van der Waals surface area contributed by atoms with Gasteiger partial charge >= 0.3 is 0 Å². The van der Waals surface area contributed by atoms with E-state index in [9.17, 15) is 4.79 Å². The lowest BCUT2D eigenvalue weighted by molar-refractivity contribution is -0.118. The molecule has 0 atom stereocenters. The highest BCUT2D eigenvalue weighted by Gasteiger charge is 2.11. The zero-order chi connectivity index (χ0) is 19.5. The molecule has 1 N–H and O–H groups in total. The highest BCUT2D eigenvalue weighted by molar-refractivity contribution is 8.23. The van der Waals surface area contributed by atoms with Gasteiger partial charge in [0.15, 0.2) is 0 Å². The molecular weight excluding hydrogens is 364 g/mol. The molecule has 26 heavy (non-hydrogen) atoms. The predicted octanol–water partition coefficient (Wildman–Crippen LogP) is 4.39. The van der Waals surface area contributed by atoms with E-state index < -0.39 is 0 Å². The van der Waals surface area contributed by atoms with Gasteiger partial charge in [0.2, 0.25) is 5.91 Å². The van der Waals surface area contributed by atoms with Gasteiger partial charge < -0.3 is 10.2 Å². The van der Waals surface area contributed by atoms with E-state index in [1.807, 2.05) is 4.90 Å². The summed E-state index contributed by atoms with van der Waals surface area (Å²) in [6.07, 6.45) is 10.7. The Kier molecular flexibility index (Phi) is 17.5. The minimum Gasteiger partial charge on any atom is -0.355 e. The van der Waals surface area contributed by atoms with Crippen LogP contribution in [0, 0.1) is 22.7 Å². The number of rotatable bonds is 15. The van der Waals surface area contributed by atoms with Crippen molar-refractivity contribution in [3.63, 3.8) is 0 Å². The number of amides is 1. The van der Waals surface area contributed by atoms with E-state index in [4.69, 9.17) is 22.7 Å². The number of unbranched alkanes of at least 4 members (excludes halogenated alkanes) is 7. The van der Waals surface area contributed by atoms with Gasteiger partial charge in [-0.2, -0.15) is 10.5 Å². The average molecular weight is 397 g/mol. The van der Waals surface area contributed by atoms with E-state index in [1.165, 1.54) is 50.3 Å². The van der Waals surface area contributed by atoms with Crippen LogP contribution in [-0.2, 0) is 4.79 Å². The standard InChI is InChI=1S/C19H32N4OS2/c1-2-3-4-5-6-7-8-9-14-22-18(24)17-26-19(25)23(15-10-12-20)16-11-13-21/h2-11,14-17H2,1H3,(H,22,24). The van der Waals surface area contributed by atoms with Crippen LogP contribution in [0.25, 0.3) is 0 Å². The number of hydrogen-bond acceptors (Lipinski definition) is 5. The second-order valence-electron chi connectivity index (χ2n) is 6.18. The Morgan fingerprint density at radius 3 is 2.08 bits per heavy atom. The molecule has 0 fully saturated rings. The molecule has 0 aliphatic rings. The zero-order valence-corrected chi connectivity index (χ0v) is 17.6. The van der Waals surface area contributed by atoms with Crippen LogP contribution < -0.4 is 5.32 Å². The first kappa shape index (κ1) is 24.7. The Labute approximate surface area is 168 Å². The summed E-state index contributed by atoms with van der Waals surface area (Å²) >= 11 is 6.62. The van der Waals surface area contributed by atoms with Crippen molar-refractivity contribution in [1.82, 2.24) is 10.2 Å². The smallest absolute Gasteiger partial charge is 0.230 e. The molecule has 146 valence electrons. The van der Waals surface area contributed by atoms with Crippen LogP contribution in [0.15, 0.2) is 0 Å². The van der Waals surface area contributed by atoms with Gasteiger partial charge in [0.05, 0.1) is 30.7 Å². The predicted molar refractivity (Wildman–Crippen MR) is 113 cm³/mol. The summed E-state index contributed by atoms with van der Waals surface area (Å²) in [5.41, 5.74) is 0. The van der Waals surface area contributed by atoms with Crippen LogP contribution in [0.4, 0.5) is 0 Å². The molecule has 0 bridgehead atoms. The molecule has 0 spiro atoms. The molecule has 0 aromatic rings. The van der Waals surface area contributed by atoms with Crippen molar-refractivity contribution in [2.75, 3.05) is 25.4 Å². The molecule has 5 nitrogen and oxygen atoms in total. The maximum atomic E-state index is 11.9. The Bertz CT molecular complexity index is 453. The fourth-order valence-corrected chi connectivity index (χ4v) is 3.50. The van der Waals surface area contributed by atoms with Crippen LogP contribution in [0.1, 0.15) is 71.1 Å². The van der Waals surface area contributed by atoms with E-state index in [2.05, 4.69) is 24.4 Å². The van der Waals surface area contributed by atoms with Gasteiger partial charge in [0, 0.05) is 19.6 Å². The number of carbonyl (C=O) groups excluding carboxylic acids is 1. The molecule has 0 unspecified atom stereocenters. The van der Waals surface area contributed by atoms with Gasteiger partial charge in [0.1, 0.15) is 4.32 Å². The monoisotopic (exact) mass is 396 g/mol. The number of thiocarbonyl (C=S) groups is 1. The topological polar surface area (TPSA) is 79.9 Å². The first-order valence-electron chi connectivity index (χ1n) is 9.58. The van der Waals surface area contributed by atoms with E-state index in [0.29, 0.717) is 36.8 Å². The highest BCUT2D eigenvalue weighted by Crippen LogP contribution is 2.11. The van der Waals surface area contributed by atoms with Gasteiger partial charge in [-0.3, -0.25) is 4.79 Å². The fraction of sp³-hybridized carbons (Fsp3) is 0.789. The van der Waals surface area contributed by atoms with Crippen molar-refractivity contribution in [2.24, 2.45) is 0 Å². The van der Waals surface area contributed by atoms with Crippen molar-refractivity contribution in [2.45, 2.75) is 71.1 Å². The summed E-state index contributed by atoms with van der Waals surface area (Å²) in [4.78, 5) is 13.7. The Morgan fingerprint density at radius 1 is 1.00 bits per heavy atom. The average Bonchev–Trinajstić information content (AvgIpc) is 2.65. The van der Waals surface area contributed by atoms with E-state index >= 15 is 0 Å². The zero-order valence-electron chi connectivity index (χ0n) is 16.0. The Balaban J connectivity index is 3.77. The summed E-state index contributed by atoms with van der Waals surface area (Å²) in [5.74, 6) is 0.270. The van der Waals surface area contributed by atoms with E-state index in [-0.39, 0.29) is 11.7 Å². The molecule has 0 aromatic heterocycles. The summed E-state index contributed by atoms with van der Waals surface area (Å²) in [6.45, 7) is 3.95. The van der Waals surface area contributed by atoms with Crippen molar-refractivity contribution in [3.05, 3.63) is 0 Å². The summed E-state index contributed by atoms with van der Waals surface area (Å²) in [7, 11) is 0. The highest BCUT2D eigenvalue weighted by atomic mass is 32.2. The van der Waals surface area contributed by atoms with Crippen molar-refractivity contribution >= 4 is 34.2 Å². The summed E-state index contributed by atoms with van der Waals surface area (Å²) in [5, 5.41) is 20.3. The molecule has 0 rings (SSSR count). The molecule has 0 heterocycles. The quantitative estimate of drug-likeness (QED) is 0.327. The number of nitrogens with one attached hydrogen (secondary N) is 1. The first-order valence-corrected chi connectivity index (χ1v) is 11.0. The van der Waals surface area contributed by atoms with Crippen molar-refractivity contribution in [1.29, 1.82) is 10.5 Å². The number of hydrogen-bond donors (Lipinski definition) is 1. The number of nitriles is 2. The number of carbonyl (C=O) groups is 1. The molecule has 0 saturated heterocycles. The molecule has 0 saturated carbocycles. The molecule has 0 aromatic carbocycles. The number of nitrogens with zero attached hydrogens (tertiary/aromatic N) is 3. The Morgan fingerprint density at radius 2 is 1.54 bits per heavy atom. The maximum absolute atomic E-state index is 11.9. The normalized spacial score (nSPS) is 9.96. The lowest BCUT2D eigenvalue weighted by Crippen LogP contribution is -2.32. The van der Waals surface area contributed by atoms with Crippen LogP contribution in [-0.4, -0.2) is 40.5 Å². The van der Waals surface area contributed by atoms with Gasteiger partial charge in [0.25, 0.3) is 0 Å². The summed E-state index contributed by atoms with van der Waals surface area (Å²) < 4.78 is 0.581. The minimum absolute atomic E-state index is 0.0131. The SMILES string of the molecule is CCCCCCCCCCNC(=O)CSC(=S)N(CCC#N)CCC#N. The van der Waals surface area contributed by atoms with Crippen LogP contribution in [0.5, 0.6) is 0 Å². The third kappa shape index (κ3) is 15.0. The lowest BCUT2D eigenvalue weighted by atomic mass is 10.1. The molecular formula is C19H32N4OS2. The van der Waals surface area contributed by atoms with Crippen molar-refractivity contribution < 1.29 is 4.79 Å². The second kappa shape index (κ2) is 18.5. The number of thioether (sulfide) groups is 1. The molecule has 0 aliphatic carbocycles. The maximum Gasteiger partial charge on any atom is 0.230 e. The van der Waals surface area contributed by atoms with Crippen LogP contribution in [0.3, 0.4) is 0 Å². The van der Waals surface area contributed by atoms with Gasteiger partial charge in [-0.05, 0) is 6.42 Å². The fourth-order valence-electron chi connectivity index (χ4n) is 2.42. The van der Waals surface area contributed by atoms with Gasteiger partial charge in [-0.25, -0.2) is 0 Å². The Hall–Kier alpha value is -1.31. The molecule has 7 heteroatoms. The van der Waals surface area contributed by atoms with Crippen LogP contribution >= 0.6 is 24.0 Å². The third-order valence-electron chi connectivity index (χ3n) is 3.92. The molecule has 0 aliphatic heterocycles. The summed E-state index contributed by atoms with van der Waals surface area (Å²) in [6, 6.07) is 4.16. The molecule has 0 radical (unpaired) electrons. The van der Waals surface area contributed by atoms with Gasteiger partial charge in [-0.15, -0.1) is 0 Å². The largest absolute Gasteiger partial charge is 0.355 e. The lowest BCUT2D eigenvalue weighted by Gasteiger charge is -2.22. The van der Waals surface area contributed by atoms with Gasteiger partial charge in [-0.1, -0.05) is 75.8 Å².